The van der Waals surface area contributed by atoms with Gasteiger partial charge in [-0.1, -0.05) is 66.7 Å². The zero-order chi connectivity index (χ0) is 26.9. The molecule has 5 aromatic carbocycles. The molecule has 41 heavy (non-hydrogen) atoms. The molecule has 0 aliphatic heterocycles. The highest BCUT2D eigenvalue weighted by molar-refractivity contribution is 6.13. The molecular weight excluding hydrogens is 504 g/mol. The minimum atomic E-state index is 0.762. The normalized spacial score (nSPS) is 11.9. The van der Waals surface area contributed by atoms with Crippen molar-refractivity contribution >= 4 is 54.6 Å². The standard InChI is InChI=1S/C36H22N4O/c1-2-8-23(9-3-1)32-22-40-34-13-7-5-11-29(34)27-17-15-25(21-31(27)36(40)38-32)41-24-14-16-26-28-10-4-6-12-33(28)39-19-18-37-35(39)30(26)20-24/h1-22H. The molecule has 9 rings (SSSR count). The number of rotatable bonds is 3. The number of imidazole rings is 2. The Kier molecular flexibility index (Phi) is 4.55. The Morgan fingerprint density at radius 2 is 1.12 bits per heavy atom. The largest absolute Gasteiger partial charge is 0.457 e. The number of nitrogens with zero attached hydrogens (tertiary/aromatic N) is 4. The van der Waals surface area contributed by atoms with Crippen LogP contribution < -0.4 is 4.74 Å². The molecular formula is C36H22N4O. The van der Waals surface area contributed by atoms with E-state index in [4.69, 9.17) is 9.72 Å². The average molecular weight is 527 g/mol. The van der Waals surface area contributed by atoms with Crippen LogP contribution in [0.25, 0.3) is 65.9 Å². The lowest BCUT2D eigenvalue weighted by Crippen LogP contribution is -1.92. The maximum atomic E-state index is 6.51. The van der Waals surface area contributed by atoms with E-state index in [0.717, 1.165) is 66.6 Å². The molecule has 9 aromatic rings. The number of benzene rings is 5. The summed E-state index contributed by atoms with van der Waals surface area (Å²) in [5, 5.41) is 6.77. The van der Waals surface area contributed by atoms with Gasteiger partial charge in [-0.25, -0.2) is 9.97 Å². The maximum absolute atomic E-state index is 6.51. The van der Waals surface area contributed by atoms with Gasteiger partial charge in [0.05, 0.1) is 16.7 Å². The Morgan fingerprint density at radius 1 is 0.512 bits per heavy atom. The first-order chi connectivity index (χ1) is 20.3. The van der Waals surface area contributed by atoms with Crippen molar-refractivity contribution in [2.75, 3.05) is 0 Å². The summed E-state index contributed by atoms with van der Waals surface area (Å²) in [5.74, 6) is 1.53. The highest BCUT2D eigenvalue weighted by Crippen LogP contribution is 2.36. The number of para-hydroxylation sites is 2. The molecule has 0 unspecified atom stereocenters. The predicted molar refractivity (Wildman–Crippen MR) is 166 cm³/mol. The fourth-order valence-corrected chi connectivity index (χ4v) is 6.17. The van der Waals surface area contributed by atoms with Gasteiger partial charge >= 0.3 is 0 Å². The SMILES string of the molecule is c1ccc(-c2cn3c4ccccc4c4ccc(Oc5ccc6c7ccccc7n7ccnc7c6c5)cc4c3n2)cc1. The average Bonchev–Trinajstić information content (AvgIpc) is 3.71. The van der Waals surface area contributed by atoms with E-state index in [1.54, 1.807) is 0 Å². The summed E-state index contributed by atoms with van der Waals surface area (Å²) in [6.45, 7) is 0. The molecule has 0 radical (unpaired) electrons. The second-order valence-corrected chi connectivity index (χ2v) is 10.4. The molecule has 5 nitrogen and oxygen atoms in total. The molecule has 0 amide bonds. The van der Waals surface area contributed by atoms with Gasteiger partial charge in [-0.3, -0.25) is 8.80 Å². The van der Waals surface area contributed by atoms with Crippen molar-refractivity contribution in [2.24, 2.45) is 0 Å². The van der Waals surface area contributed by atoms with Crippen LogP contribution in [0, 0.1) is 0 Å². The summed E-state index contributed by atoms with van der Waals surface area (Å²) in [7, 11) is 0. The minimum absolute atomic E-state index is 0.762. The Labute approximate surface area is 234 Å². The molecule has 0 saturated carbocycles. The Hall–Kier alpha value is -5.68. The van der Waals surface area contributed by atoms with E-state index < -0.39 is 0 Å². The quantitative estimate of drug-likeness (QED) is 0.216. The molecule has 0 bridgehead atoms. The lowest BCUT2D eigenvalue weighted by molar-refractivity contribution is 0.484. The molecule has 0 spiro atoms. The Bertz CT molecular complexity index is 2450. The number of hydrogen-bond donors (Lipinski definition) is 0. The van der Waals surface area contributed by atoms with Gasteiger partial charge in [-0.15, -0.1) is 0 Å². The van der Waals surface area contributed by atoms with Gasteiger partial charge in [-0.05, 0) is 59.3 Å². The fourth-order valence-electron chi connectivity index (χ4n) is 6.17. The smallest absolute Gasteiger partial charge is 0.146 e. The van der Waals surface area contributed by atoms with E-state index in [1.165, 1.54) is 10.8 Å². The molecule has 0 fully saturated rings. The number of aromatic nitrogens is 4. The van der Waals surface area contributed by atoms with Gasteiger partial charge in [0, 0.05) is 45.7 Å². The van der Waals surface area contributed by atoms with Gasteiger partial charge in [0.25, 0.3) is 0 Å². The predicted octanol–water partition coefficient (Wildman–Crippen LogP) is 9.05. The summed E-state index contributed by atoms with van der Waals surface area (Å²) >= 11 is 0. The molecule has 0 aliphatic carbocycles. The first kappa shape index (κ1) is 22.2. The Morgan fingerprint density at radius 3 is 1.83 bits per heavy atom. The minimum Gasteiger partial charge on any atom is -0.457 e. The lowest BCUT2D eigenvalue weighted by atomic mass is 10.1. The zero-order valence-electron chi connectivity index (χ0n) is 21.9. The summed E-state index contributed by atoms with van der Waals surface area (Å²) in [6.07, 6.45) is 5.99. The van der Waals surface area contributed by atoms with Gasteiger partial charge in [-0.2, -0.15) is 0 Å². The fraction of sp³-hybridized carbons (Fsp3) is 0. The third-order valence-electron chi connectivity index (χ3n) is 8.02. The van der Waals surface area contributed by atoms with Crippen LogP contribution in [0.15, 0.2) is 134 Å². The van der Waals surface area contributed by atoms with Crippen LogP contribution in [0.5, 0.6) is 11.5 Å². The molecule has 0 aliphatic rings. The van der Waals surface area contributed by atoms with Crippen molar-refractivity contribution in [3.63, 3.8) is 0 Å². The van der Waals surface area contributed by atoms with Gasteiger partial charge in [0.2, 0.25) is 0 Å². The van der Waals surface area contributed by atoms with E-state index in [0.29, 0.717) is 0 Å². The van der Waals surface area contributed by atoms with E-state index in [1.807, 2.05) is 42.7 Å². The third kappa shape index (κ3) is 3.29. The molecule has 0 saturated heterocycles. The molecule has 192 valence electrons. The Balaban J connectivity index is 1.23. The number of fused-ring (bicyclic) bond motifs is 12. The van der Waals surface area contributed by atoms with Crippen LogP contribution in [0.4, 0.5) is 0 Å². The van der Waals surface area contributed by atoms with Gasteiger partial charge < -0.3 is 4.74 Å². The zero-order valence-corrected chi connectivity index (χ0v) is 21.9. The molecule has 5 heteroatoms. The van der Waals surface area contributed by atoms with Crippen LogP contribution >= 0.6 is 0 Å². The number of hydrogen-bond acceptors (Lipinski definition) is 3. The monoisotopic (exact) mass is 526 g/mol. The maximum Gasteiger partial charge on any atom is 0.146 e. The first-order valence-electron chi connectivity index (χ1n) is 13.7. The van der Waals surface area contributed by atoms with Crippen LogP contribution in [0.2, 0.25) is 0 Å². The summed E-state index contributed by atoms with van der Waals surface area (Å²) in [6, 6.07) is 39.8. The van der Waals surface area contributed by atoms with E-state index in [-0.39, 0.29) is 0 Å². The molecule has 4 aromatic heterocycles. The van der Waals surface area contributed by atoms with Crippen LogP contribution in [0.1, 0.15) is 0 Å². The van der Waals surface area contributed by atoms with E-state index in [2.05, 4.69) is 105 Å². The number of ether oxygens (including phenoxy) is 1. The van der Waals surface area contributed by atoms with Crippen molar-refractivity contribution in [3.05, 3.63) is 134 Å². The summed E-state index contributed by atoms with van der Waals surface area (Å²) < 4.78 is 10.8. The topological polar surface area (TPSA) is 43.8 Å². The third-order valence-corrected chi connectivity index (χ3v) is 8.02. The van der Waals surface area contributed by atoms with Crippen molar-refractivity contribution in [1.82, 2.24) is 18.8 Å². The number of pyridine rings is 2. The lowest BCUT2D eigenvalue weighted by Gasteiger charge is -2.12. The molecule has 0 atom stereocenters. The molecule has 4 heterocycles. The van der Waals surface area contributed by atoms with Crippen molar-refractivity contribution in [3.8, 4) is 22.8 Å². The second-order valence-electron chi connectivity index (χ2n) is 10.4. The van der Waals surface area contributed by atoms with Crippen molar-refractivity contribution in [2.45, 2.75) is 0 Å². The van der Waals surface area contributed by atoms with Gasteiger partial charge in [0.15, 0.2) is 0 Å². The van der Waals surface area contributed by atoms with Crippen LogP contribution in [-0.2, 0) is 0 Å². The summed E-state index contributed by atoms with van der Waals surface area (Å²) in [5.41, 5.74) is 6.13. The van der Waals surface area contributed by atoms with Crippen LogP contribution in [-0.4, -0.2) is 18.8 Å². The van der Waals surface area contributed by atoms with Crippen LogP contribution in [0.3, 0.4) is 0 Å². The highest BCUT2D eigenvalue weighted by atomic mass is 16.5. The van der Waals surface area contributed by atoms with Crippen molar-refractivity contribution < 1.29 is 4.74 Å². The molecule has 0 N–H and O–H groups in total. The van der Waals surface area contributed by atoms with E-state index in [9.17, 15) is 0 Å². The highest BCUT2D eigenvalue weighted by Gasteiger charge is 2.15. The second kappa shape index (κ2) is 8.41. The van der Waals surface area contributed by atoms with E-state index >= 15 is 0 Å². The summed E-state index contributed by atoms with van der Waals surface area (Å²) in [4.78, 5) is 9.78. The van der Waals surface area contributed by atoms with Crippen molar-refractivity contribution in [1.29, 1.82) is 0 Å². The van der Waals surface area contributed by atoms with Gasteiger partial charge in [0.1, 0.15) is 22.8 Å². The first-order valence-corrected chi connectivity index (χ1v) is 13.7.